The Hall–Kier alpha value is -2.88. The van der Waals surface area contributed by atoms with Gasteiger partial charge in [-0.1, -0.05) is 19.1 Å². The normalized spacial score (nSPS) is 25.8. The molecule has 2 aliphatic heterocycles. The van der Waals surface area contributed by atoms with Gasteiger partial charge < -0.3 is 10.2 Å². The maximum absolute atomic E-state index is 12.9. The van der Waals surface area contributed by atoms with E-state index in [2.05, 4.69) is 12.2 Å². The highest BCUT2D eigenvalue weighted by atomic mass is 16.2. The van der Waals surface area contributed by atoms with Gasteiger partial charge in [0.05, 0.1) is 11.6 Å². The molecule has 0 radical (unpaired) electrons. The fraction of sp³-hybridized carbons (Fsp3) is 0.474. The number of nitrogens with zero attached hydrogens (tertiary/aromatic N) is 3. The van der Waals surface area contributed by atoms with Crippen molar-refractivity contribution in [3.05, 3.63) is 35.4 Å². The minimum Gasteiger partial charge on any atom is -0.341 e. The van der Waals surface area contributed by atoms with E-state index >= 15 is 0 Å². The van der Waals surface area contributed by atoms with Gasteiger partial charge in [-0.2, -0.15) is 5.26 Å². The number of hydrogen-bond acceptors (Lipinski definition) is 4. The van der Waals surface area contributed by atoms with Crippen LogP contribution < -0.4 is 5.32 Å². The van der Waals surface area contributed by atoms with Crippen LogP contribution in [-0.4, -0.2) is 47.3 Å². The predicted molar refractivity (Wildman–Crippen MR) is 93.7 cm³/mol. The van der Waals surface area contributed by atoms with Crippen LogP contribution in [0, 0.1) is 17.2 Å². The first-order valence-electron chi connectivity index (χ1n) is 8.77. The molecule has 1 aromatic carbocycles. The Labute approximate surface area is 152 Å². The van der Waals surface area contributed by atoms with Gasteiger partial charge in [-0.25, -0.2) is 4.79 Å². The zero-order valence-electron chi connectivity index (χ0n) is 15.0. The van der Waals surface area contributed by atoms with E-state index in [1.807, 2.05) is 6.07 Å². The number of carbonyl (C=O) groups excluding carboxylic acids is 3. The molecule has 0 bridgehead atoms. The van der Waals surface area contributed by atoms with Gasteiger partial charge in [-0.15, -0.1) is 0 Å². The van der Waals surface area contributed by atoms with Crippen molar-refractivity contribution in [3.8, 4) is 6.07 Å². The lowest BCUT2D eigenvalue weighted by Crippen LogP contribution is -2.47. The van der Waals surface area contributed by atoms with Gasteiger partial charge >= 0.3 is 6.03 Å². The molecule has 4 amide bonds. The second kappa shape index (κ2) is 6.79. The number of likely N-dealkylation sites (tertiary alicyclic amines) is 1. The first kappa shape index (κ1) is 17.9. The summed E-state index contributed by atoms with van der Waals surface area (Å²) in [5.41, 5.74) is -0.183. The van der Waals surface area contributed by atoms with Crippen LogP contribution in [0.15, 0.2) is 24.3 Å². The van der Waals surface area contributed by atoms with Crippen LogP contribution in [0.3, 0.4) is 0 Å². The number of urea groups is 1. The molecule has 7 heteroatoms. The van der Waals surface area contributed by atoms with E-state index in [-0.39, 0.29) is 12.5 Å². The molecule has 3 rings (SSSR count). The molecule has 0 aromatic heterocycles. The third-order valence-electron chi connectivity index (χ3n) is 5.17. The molecule has 1 aromatic rings. The van der Waals surface area contributed by atoms with E-state index in [1.54, 1.807) is 36.1 Å². The van der Waals surface area contributed by atoms with Crippen LogP contribution in [0.1, 0.15) is 37.8 Å². The highest BCUT2D eigenvalue weighted by Crippen LogP contribution is 2.29. The zero-order chi connectivity index (χ0) is 18.9. The lowest BCUT2D eigenvalue weighted by atomic mass is 9.91. The van der Waals surface area contributed by atoms with Crippen molar-refractivity contribution in [2.24, 2.45) is 5.92 Å². The fourth-order valence-electron chi connectivity index (χ4n) is 3.57. The molecule has 136 valence electrons. The molecule has 2 fully saturated rings. The summed E-state index contributed by atoms with van der Waals surface area (Å²) in [7, 11) is 0. The number of carbonyl (C=O) groups is 3. The number of rotatable bonds is 3. The smallest absolute Gasteiger partial charge is 0.325 e. The SMILES string of the molecule is CC1CCCN(C(=O)CN2C(=O)NC(C)(c3ccc(C#N)cc3)C2=O)C1. The summed E-state index contributed by atoms with van der Waals surface area (Å²) in [6.07, 6.45) is 2.03. The van der Waals surface area contributed by atoms with Crippen molar-refractivity contribution < 1.29 is 14.4 Å². The van der Waals surface area contributed by atoms with Gasteiger partial charge in [0.2, 0.25) is 5.91 Å². The van der Waals surface area contributed by atoms with Crippen LogP contribution in [0.5, 0.6) is 0 Å². The van der Waals surface area contributed by atoms with Crippen molar-refractivity contribution >= 4 is 17.8 Å². The molecule has 7 nitrogen and oxygen atoms in total. The van der Waals surface area contributed by atoms with Crippen molar-refractivity contribution in [2.75, 3.05) is 19.6 Å². The van der Waals surface area contributed by atoms with Crippen molar-refractivity contribution in [3.63, 3.8) is 0 Å². The molecule has 0 aliphatic carbocycles. The molecule has 1 N–H and O–H groups in total. The molecule has 26 heavy (non-hydrogen) atoms. The molecular weight excluding hydrogens is 332 g/mol. The Morgan fingerprint density at radius 1 is 1.35 bits per heavy atom. The lowest BCUT2D eigenvalue weighted by Gasteiger charge is -2.31. The molecule has 2 saturated heterocycles. The summed E-state index contributed by atoms with van der Waals surface area (Å²) >= 11 is 0. The number of imide groups is 1. The van der Waals surface area contributed by atoms with Gasteiger partial charge in [0, 0.05) is 13.1 Å². The summed E-state index contributed by atoms with van der Waals surface area (Å²) in [4.78, 5) is 40.5. The second-order valence-electron chi connectivity index (χ2n) is 7.22. The Morgan fingerprint density at radius 2 is 2.04 bits per heavy atom. The summed E-state index contributed by atoms with van der Waals surface area (Å²) < 4.78 is 0. The van der Waals surface area contributed by atoms with Gasteiger partial charge in [0.1, 0.15) is 12.1 Å². The Morgan fingerprint density at radius 3 is 2.65 bits per heavy atom. The molecule has 2 heterocycles. The maximum Gasteiger partial charge on any atom is 0.325 e. The van der Waals surface area contributed by atoms with Crippen molar-refractivity contribution in [2.45, 2.75) is 32.2 Å². The number of benzene rings is 1. The number of nitriles is 1. The van der Waals surface area contributed by atoms with E-state index in [9.17, 15) is 14.4 Å². The summed E-state index contributed by atoms with van der Waals surface area (Å²) in [5.74, 6) is -0.227. The minimum atomic E-state index is -1.24. The number of piperidine rings is 1. The van der Waals surface area contributed by atoms with Crippen LogP contribution in [0.25, 0.3) is 0 Å². The molecular formula is C19H22N4O3. The van der Waals surface area contributed by atoms with Crippen LogP contribution in [0.2, 0.25) is 0 Å². The third kappa shape index (κ3) is 3.15. The largest absolute Gasteiger partial charge is 0.341 e. The highest BCUT2D eigenvalue weighted by molar-refractivity contribution is 6.09. The molecule has 2 aliphatic rings. The predicted octanol–water partition coefficient (Wildman–Crippen LogP) is 1.58. The monoisotopic (exact) mass is 354 g/mol. The number of amides is 4. The fourth-order valence-corrected chi connectivity index (χ4v) is 3.57. The van der Waals surface area contributed by atoms with Crippen molar-refractivity contribution in [1.82, 2.24) is 15.1 Å². The van der Waals surface area contributed by atoms with Crippen LogP contribution >= 0.6 is 0 Å². The lowest BCUT2D eigenvalue weighted by molar-refractivity contribution is -0.139. The molecule has 2 atom stereocenters. The van der Waals surface area contributed by atoms with E-state index in [1.165, 1.54) is 0 Å². The standard InChI is InChI=1S/C19H22N4O3/c1-13-4-3-9-22(11-13)16(24)12-23-17(25)19(2,21-18(23)26)15-7-5-14(10-20)6-8-15/h5-8,13H,3-4,9,11-12H2,1-2H3,(H,21,26). The molecule has 2 unspecified atom stereocenters. The summed E-state index contributed by atoms with van der Waals surface area (Å²) in [6, 6.07) is 7.94. The molecule has 0 saturated carbocycles. The highest BCUT2D eigenvalue weighted by Gasteiger charge is 2.49. The topological polar surface area (TPSA) is 93.5 Å². The number of nitrogens with one attached hydrogen (secondary N) is 1. The zero-order valence-corrected chi connectivity index (χ0v) is 15.0. The maximum atomic E-state index is 12.9. The summed E-state index contributed by atoms with van der Waals surface area (Å²) in [5, 5.41) is 11.6. The third-order valence-corrected chi connectivity index (χ3v) is 5.17. The van der Waals surface area contributed by atoms with Gasteiger partial charge in [-0.05, 0) is 43.4 Å². The Bertz CT molecular complexity index is 783. The first-order chi connectivity index (χ1) is 12.3. The molecule has 0 spiro atoms. The first-order valence-corrected chi connectivity index (χ1v) is 8.77. The van der Waals surface area contributed by atoms with Crippen molar-refractivity contribution in [1.29, 1.82) is 5.26 Å². The quantitative estimate of drug-likeness (QED) is 0.834. The minimum absolute atomic E-state index is 0.205. The average Bonchev–Trinajstić information content (AvgIpc) is 2.86. The van der Waals surface area contributed by atoms with Gasteiger partial charge in [0.25, 0.3) is 5.91 Å². The van der Waals surface area contributed by atoms with E-state index in [0.29, 0.717) is 30.1 Å². The van der Waals surface area contributed by atoms with E-state index in [0.717, 1.165) is 17.7 Å². The second-order valence-corrected chi connectivity index (χ2v) is 7.22. The average molecular weight is 354 g/mol. The van der Waals surface area contributed by atoms with E-state index in [4.69, 9.17) is 5.26 Å². The van der Waals surface area contributed by atoms with Crippen LogP contribution in [-0.2, 0) is 15.1 Å². The number of hydrogen-bond donors (Lipinski definition) is 1. The van der Waals surface area contributed by atoms with Crippen LogP contribution in [0.4, 0.5) is 4.79 Å². The Balaban J connectivity index is 1.75. The van der Waals surface area contributed by atoms with Gasteiger partial charge in [-0.3, -0.25) is 14.5 Å². The Kier molecular flexibility index (Phi) is 4.68. The van der Waals surface area contributed by atoms with E-state index < -0.39 is 17.5 Å². The van der Waals surface area contributed by atoms with Gasteiger partial charge in [0.15, 0.2) is 0 Å². The summed E-state index contributed by atoms with van der Waals surface area (Å²) in [6.45, 7) is 4.79.